The first-order chi connectivity index (χ1) is 10.8. The molecule has 1 aromatic heterocycles. The Kier molecular flexibility index (Phi) is 4.90. The van der Waals surface area contributed by atoms with Gasteiger partial charge in [-0.2, -0.15) is 0 Å². The average Bonchev–Trinajstić information content (AvgIpc) is 2.83. The van der Waals surface area contributed by atoms with Crippen molar-refractivity contribution in [2.75, 3.05) is 6.61 Å². The van der Waals surface area contributed by atoms with Crippen LogP contribution in [0.25, 0.3) is 0 Å². The summed E-state index contributed by atoms with van der Waals surface area (Å²) < 4.78 is 5.02. The summed E-state index contributed by atoms with van der Waals surface area (Å²) in [5.74, 6) is -1.03. The monoisotopic (exact) mass is 333 g/mol. The maximum Gasteiger partial charge on any atom is 0.339 e. The second kappa shape index (κ2) is 6.70. The van der Waals surface area contributed by atoms with Crippen LogP contribution in [-0.2, 0) is 4.74 Å². The Hall–Kier alpha value is -2.54. The Morgan fingerprint density at radius 1 is 1.22 bits per heavy atom. The van der Waals surface area contributed by atoms with Crippen LogP contribution in [0.1, 0.15) is 36.0 Å². The summed E-state index contributed by atoms with van der Waals surface area (Å²) in [6.07, 6.45) is 0. The normalized spacial score (nSPS) is 10.4. The molecule has 0 amide bonds. The molecule has 1 heterocycles. The highest BCUT2D eigenvalue weighted by Crippen LogP contribution is 2.23. The lowest BCUT2D eigenvalue weighted by Gasteiger charge is -2.07. The van der Waals surface area contributed by atoms with Gasteiger partial charge < -0.3 is 4.74 Å². The molecule has 2 aromatic rings. The summed E-state index contributed by atoms with van der Waals surface area (Å²) in [7, 11) is 0. The van der Waals surface area contributed by atoms with E-state index in [0.717, 1.165) is 9.75 Å². The van der Waals surface area contributed by atoms with Crippen molar-refractivity contribution in [2.45, 2.75) is 20.8 Å². The molecular formula is C16H15NO5S. The summed E-state index contributed by atoms with van der Waals surface area (Å²) in [6, 6.07) is 5.93. The second-order valence-electron chi connectivity index (χ2n) is 5.03. The molecule has 0 aliphatic heterocycles. The molecule has 7 heteroatoms. The van der Waals surface area contributed by atoms with Gasteiger partial charge in [-0.05, 0) is 32.9 Å². The van der Waals surface area contributed by atoms with E-state index in [1.54, 1.807) is 6.07 Å². The summed E-state index contributed by atoms with van der Waals surface area (Å²) in [5.41, 5.74) is 0.689. The first kappa shape index (κ1) is 16.8. The van der Waals surface area contributed by atoms with E-state index in [1.165, 1.54) is 36.5 Å². The van der Waals surface area contributed by atoms with Crippen LogP contribution in [0.5, 0.6) is 0 Å². The van der Waals surface area contributed by atoms with Gasteiger partial charge in [-0.3, -0.25) is 14.9 Å². The van der Waals surface area contributed by atoms with Crippen molar-refractivity contribution in [1.82, 2.24) is 0 Å². The van der Waals surface area contributed by atoms with Crippen LogP contribution in [0.15, 0.2) is 24.3 Å². The van der Waals surface area contributed by atoms with Crippen molar-refractivity contribution in [3.63, 3.8) is 0 Å². The molecule has 6 nitrogen and oxygen atoms in total. The minimum absolute atomic E-state index is 0.0882. The third-order valence-corrected chi connectivity index (χ3v) is 4.36. The van der Waals surface area contributed by atoms with Crippen LogP contribution < -0.4 is 0 Å². The van der Waals surface area contributed by atoms with E-state index in [9.17, 15) is 19.7 Å². The van der Waals surface area contributed by atoms with Gasteiger partial charge in [0.05, 0.1) is 10.5 Å². The molecule has 120 valence electrons. The van der Waals surface area contributed by atoms with Gasteiger partial charge in [-0.15, -0.1) is 11.3 Å². The zero-order valence-corrected chi connectivity index (χ0v) is 13.7. The molecule has 0 spiro atoms. The molecule has 0 N–H and O–H groups in total. The largest absolute Gasteiger partial charge is 0.454 e. The number of benzene rings is 1. The number of rotatable bonds is 5. The number of carbonyl (C=O) groups is 2. The van der Waals surface area contributed by atoms with Gasteiger partial charge >= 0.3 is 5.97 Å². The van der Waals surface area contributed by atoms with E-state index in [0.29, 0.717) is 5.56 Å². The molecular weight excluding hydrogens is 318 g/mol. The predicted molar refractivity (Wildman–Crippen MR) is 86.2 cm³/mol. The van der Waals surface area contributed by atoms with Crippen molar-refractivity contribution >= 4 is 28.8 Å². The zero-order chi connectivity index (χ0) is 17.1. The molecule has 0 bridgehead atoms. The van der Waals surface area contributed by atoms with Crippen LogP contribution in [0.2, 0.25) is 0 Å². The Morgan fingerprint density at radius 3 is 2.48 bits per heavy atom. The zero-order valence-electron chi connectivity index (χ0n) is 12.9. The van der Waals surface area contributed by atoms with E-state index in [2.05, 4.69) is 0 Å². The Labute approximate surface area is 136 Å². The highest BCUT2D eigenvalue weighted by atomic mass is 32.1. The molecule has 0 aliphatic rings. The van der Waals surface area contributed by atoms with Gasteiger partial charge in [0.1, 0.15) is 0 Å². The molecule has 0 unspecified atom stereocenters. The lowest BCUT2D eigenvalue weighted by molar-refractivity contribution is -0.385. The molecule has 0 aliphatic carbocycles. The topological polar surface area (TPSA) is 86.5 Å². The first-order valence-electron chi connectivity index (χ1n) is 6.82. The van der Waals surface area contributed by atoms with Crippen LogP contribution in [-0.4, -0.2) is 23.3 Å². The minimum Gasteiger partial charge on any atom is -0.454 e. The van der Waals surface area contributed by atoms with Gasteiger partial charge in [0.15, 0.2) is 6.61 Å². The van der Waals surface area contributed by atoms with E-state index in [1.807, 2.05) is 13.8 Å². The van der Waals surface area contributed by atoms with Crippen molar-refractivity contribution in [1.29, 1.82) is 0 Å². The summed E-state index contributed by atoms with van der Waals surface area (Å²) in [4.78, 5) is 36.4. The summed E-state index contributed by atoms with van der Waals surface area (Å²) in [6.45, 7) is 4.81. The molecule has 0 fully saturated rings. The molecule has 0 saturated carbocycles. The van der Waals surface area contributed by atoms with Crippen molar-refractivity contribution in [3.05, 3.63) is 60.8 Å². The minimum atomic E-state index is -0.746. The number of nitro groups is 1. The predicted octanol–water partition coefficient (Wildman–Crippen LogP) is 3.62. The summed E-state index contributed by atoms with van der Waals surface area (Å²) in [5, 5.41) is 10.9. The van der Waals surface area contributed by atoms with Crippen LogP contribution in [0.4, 0.5) is 5.69 Å². The van der Waals surface area contributed by atoms with Crippen molar-refractivity contribution in [2.24, 2.45) is 0 Å². The number of hydrogen-bond donors (Lipinski definition) is 0. The number of carbonyl (C=O) groups excluding carboxylic acids is 2. The number of thiophene rings is 1. The van der Waals surface area contributed by atoms with Crippen LogP contribution >= 0.6 is 11.3 Å². The number of aryl methyl sites for hydroxylation is 2. The highest BCUT2D eigenvalue weighted by Gasteiger charge is 2.20. The first-order valence-corrected chi connectivity index (χ1v) is 7.64. The maximum absolute atomic E-state index is 12.1. The van der Waals surface area contributed by atoms with E-state index < -0.39 is 17.5 Å². The van der Waals surface area contributed by atoms with E-state index in [-0.39, 0.29) is 22.6 Å². The van der Waals surface area contributed by atoms with Crippen LogP contribution in [0.3, 0.4) is 0 Å². The lowest BCUT2D eigenvalue weighted by Crippen LogP contribution is -2.15. The number of ketones is 1. The third kappa shape index (κ3) is 3.62. The molecule has 2 rings (SSSR count). The summed E-state index contributed by atoms with van der Waals surface area (Å²) >= 11 is 1.50. The number of nitrogens with zero attached hydrogens (tertiary/aromatic N) is 1. The van der Waals surface area contributed by atoms with Crippen molar-refractivity contribution in [3.8, 4) is 0 Å². The fraction of sp³-hybridized carbons (Fsp3) is 0.250. The molecule has 0 atom stereocenters. The van der Waals surface area contributed by atoms with E-state index >= 15 is 0 Å². The average molecular weight is 333 g/mol. The number of esters is 1. The van der Waals surface area contributed by atoms with Gasteiger partial charge in [-0.25, -0.2) is 4.79 Å². The van der Waals surface area contributed by atoms with Crippen LogP contribution in [0, 0.1) is 30.9 Å². The van der Waals surface area contributed by atoms with E-state index in [4.69, 9.17) is 4.74 Å². The SMILES string of the molecule is Cc1cc(C(=O)COC(=O)c2cccc([N+](=O)[O-])c2C)c(C)s1. The smallest absolute Gasteiger partial charge is 0.339 e. The van der Waals surface area contributed by atoms with Gasteiger partial charge in [-0.1, -0.05) is 6.07 Å². The number of ether oxygens (including phenoxy) is 1. The fourth-order valence-electron chi connectivity index (χ4n) is 2.24. The Bertz CT molecular complexity index is 794. The Balaban J connectivity index is 2.11. The molecule has 23 heavy (non-hydrogen) atoms. The number of nitro benzene ring substituents is 1. The Morgan fingerprint density at radius 2 is 1.91 bits per heavy atom. The standard InChI is InChI=1S/C16H15NO5S/c1-9-7-13(11(3)23-9)15(18)8-22-16(19)12-5-4-6-14(10(12)2)17(20)21/h4-7H,8H2,1-3H3. The molecule has 0 radical (unpaired) electrons. The third-order valence-electron chi connectivity index (χ3n) is 3.40. The molecule has 0 saturated heterocycles. The van der Waals surface area contributed by atoms with Crippen molar-refractivity contribution < 1.29 is 19.2 Å². The highest BCUT2D eigenvalue weighted by molar-refractivity contribution is 7.12. The van der Waals surface area contributed by atoms with Gasteiger partial charge in [0.25, 0.3) is 5.69 Å². The maximum atomic E-state index is 12.1. The fourth-order valence-corrected chi connectivity index (χ4v) is 3.18. The molecule has 1 aromatic carbocycles. The van der Waals surface area contributed by atoms with Gasteiger partial charge in [0, 0.05) is 26.9 Å². The van der Waals surface area contributed by atoms with Gasteiger partial charge in [0.2, 0.25) is 5.78 Å². The second-order valence-corrected chi connectivity index (χ2v) is 6.49. The number of hydrogen-bond acceptors (Lipinski definition) is 6. The quantitative estimate of drug-likeness (QED) is 0.361. The lowest BCUT2D eigenvalue weighted by atomic mass is 10.1. The number of Topliss-reactive ketones (excluding diaryl/α,β-unsaturated/α-hetero) is 1.